The molecule has 1 aromatic heterocycles. The van der Waals surface area contributed by atoms with Gasteiger partial charge in [0.05, 0.1) is 11.2 Å². The van der Waals surface area contributed by atoms with Crippen molar-refractivity contribution in [1.29, 1.82) is 0 Å². The summed E-state index contributed by atoms with van der Waals surface area (Å²) in [6.07, 6.45) is 0. The Morgan fingerprint density at radius 2 is 1.03 bits per heavy atom. The van der Waals surface area contributed by atoms with Crippen LogP contribution in [0.5, 0.6) is 0 Å². The summed E-state index contributed by atoms with van der Waals surface area (Å²) in [5.41, 5.74) is 25.2. The van der Waals surface area contributed by atoms with Gasteiger partial charge in [-0.1, -0.05) is 172 Å². The number of anilines is 4. The minimum absolute atomic E-state index is 0.301. The van der Waals surface area contributed by atoms with E-state index >= 15 is 0 Å². The number of nitrogens with two attached hydrogens (primary N) is 1. The summed E-state index contributed by atoms with van der Waals surface area (Å²) >= 11 is 0. The molecule has 63 heavy (non-hydrogen) atoms. The second-order valence-electron chi connectivity index (χ2n) is 17.6. The molecule has 10 aromatic carbocycles. The number of fused-ring (bicyclic) bond motifs is 9. The lowest BCUT2D eigenvalue weighted by Gasteiger charge is -2.30. The van der Waals surface area contributed by atoms with Crippen LogP contribution in [0, 0.1) is 0 Å². The number of rotatable bonds is 6. The Morgan fingerprint density at radius 3 is 1.83 bits per heavy atom. The van der Waals surface area contributed by atoms with Crippen molar-refractivity contribution in [3.05, 3.63) is 217 Å². The minimum Gasteiger partial charge on any atom is -0.398 e. The second kappa shape index (κ2) is 14.1. The van der Waals surface area contributed by atoms with E-state index < -0.39 is 0 Å². The SMILES string of the molecule is Cn1c2ccccc2c2ccc(N(c3ccc(N)c(-c4ccccc4)c3)c3cc4c(c5ccccc35)-c3ccc(-c5ccc6ccccc6c5-c5ccccc5)cc3C4(C)C)cc21. The predicted octanol–water partition coefficient (Wildman–Crippen LogP) is 16.0. The fourth-order valence-corrected chi connectivity index (χ4v) is 10.6. The maximum atomic E-state index is 6.79. The predicted molar refractivity (Wildman–Crippen MR) is 268 cm³/mol. The number of aryl methyl sites for hydroxylation is 1. The van der Waals surface area contributed by atoms with E-state index in [1.54, 1.807) is 0 Å². The molecule has 3 nitrogen and oxygen atoms in total. The van der Waals surface area contributed by atoms with Gasteiger partial charge in [-0.15, -0.1) is 0 Å². The highest BCUT2D eigenvalue weighted by Gasteiger charge is 2.38. The molecule has 0 saturated carbocycles. The molecule has 300 valence electrons. The second-order valence-corrected chi connectivity index (χ2v) is 17.6. The molecule has 0 saturated heterocycles. The van der Waals surface area contributed by atoms with E-state index in [-0.39, 0.29) is 5.41 Å². The first-order valence-corrected chi connectivity index (χ1v) is 21.9. The van der Waals surface area contributed by atoms with Gasteiger partial charge in [-0.05, 0) is 115 Å². The third kappa shape index (κ3) is 5.66. The van der Waals surface area contributed by atoms with Gasteiger partial charge in [0.1, 0.15) is 0 Å². The molecular formula is C60H45N3. The van der Waals surface area contributed by atoms with Crippen LogP contribution >= 0.6 is 0 Å². The number of nitrogen functional groups attached to an aromatic ring is 1. The zero-order valence-corrected chi connectivity index (χ0v) is 35.6. The van der Waals surface area contributed by atoms with Crippen LogP contribution in [-0.2, 0) is 12.5 Å². The first-order chi connectivity index (χ1) is 30.8. The van der Waals surface area contributed by atoms with Gasteiger partial charge in [0, 0.05) is 56.8 Å². The average Bonchev–Trinajstić information content (AvgIpc) is 3.74. The number of nitrogens with zero attached hydrogens (tertiary/aromatic N) is 2. The Morgan fingerprint density at radius 1 is 0.413 bits per heavy atom. The summed E-state index contributed by atoms with van der Waals surface area (Å²) in [6, 6.07) is 75.5. The number of hydrogen-bond acceptors (Lipinski definition) is 2. The van der Waals surface area contributed by atoms with Gasteiger partial charge in [-0.3, -0.25) is 0 Å². The molecule has 0 bridgehead atoms. The van der Waals surface area contributed by atoms with Crippen LogP contribution < -0.4 is 10.6 Å². The maximum Gasteiger partial charge on any atom is 0.0543 e. The number of aromatic nitrogens is 1. The monoisotopic (exact) mass is 807 g/mol. The molecule has 0 radical (unpaired) electrons. The molecule has 12 rings (SSSR count). The zero-order valence-electron chi connectivity index (χ0n) is 35.6. The summed E-state index contributed by atoms with van der Waals surface area (Å²) in [7, 11) is 2.18. The van der Waals surface area contributed by atoms with Crippen molar-refractivity contribution < 1.29 is 0 Å². The van der Waals surface area contributed by atoms with E-state index in [9.17, 15) is 0 Å². The fraction of sp³-hybridized carbons (Fsp3) is 0.0667. The Hall–Kier alpha value is -7.88. The molecule has 1 aliphatic rings. The first kappa shape index (κ1) is 36.9. The lowest BCUT2D eigenvalue weighted by molar-refractivity contribution is 0.661. The van der Waals surface area contributed by atoms with Gasteiger partial charge in [0.25, 0.3) is 0 Å². The largest absolute Gasteiger partial charge is 0.398 e. The van der Waals surface area contributed by atoms with E-state index in [0.29, 0.717) is 0 Å². The lowest BCUT2D eigenvalue weighted by atomic mass is 9.80. The standard InChI is InChI=1S/C60H45N3/c1-60(2)52-34-41(45-30-26-39-18-10-11-21-44(39)58(45)40-19-8-5-9-20-40)27-31-50(52)59-49-24-13-12-23-47(49)57(37-53(59)60)63(42-29-33-54(61)51(35-42)38-16-6-4-7-17-38)43-28-32-48-46-22-14-15-25-55(46)62(3)56(48)36-43/h4-37H,61H2,1-3H3. The van der Waals surface area contributed by atoms with Crippen molar-refractivity contribution in [3.8, 4) is 44.5 Å². The lowest BCUT2D eigenvalue weighted by Crippen LogP contribution is -2.17. The van der Waals surface area contributed by atoms with Crippen molar-refractivity contribution in [2.45, 2.75) is 19.3 Å². The van der Waals surface area contributed by atoms with E-state index in [1.165, 1.54) is 87.9 Å². The Balaban J connectivity index is 1.09. The minimum atomic E-state index is -0.301. The number of para-hydroxylation sites is 1. The molecule has 0 atom stereocenters. The van der Waals surface area contributed by atoms with Crippen LogP contribution in [0.4, 0.5) is 22.7 Å². The molecule has 0 aliphatic heterocycles. The van der Waals surface area contributed by atoms with Crippen LogP contribution in [0.2, 0.25) is 0 Å². The highest BCUT2D eigenvalue weighted by atomic mass is 15.1. The quantitative estimate of drug-likeness (QED) is 0.170. The van der Waals surface area contributed by atoms with Gasteiger partial charge in [0.2, 0.25) is 0 Å². The molecule has 0 unspecified atom stereocenters. The molecular weight excluding hydrogens is 763 g/mol. The van der Waals surface area contributed by atoms with E-state index in [1.807, 2.05) is 0 Å². The summed E-state index contributed by atoms with van der Waals surface area (Å²) in [5, 5.41) is 7.45. The van der Waals surface area contributed by atoms with Crippen LogP contribution in [-0.4, -0.2) is 4.57 Å². The molecule has 11 aromatic rings. The molecule has 1 heterocycles. The van der Waals surface area contributed by atoms with Crippen molar-refractivity contribution in [3.63, 3.8) is 0 Å². The van der Waals surface area contributed by atoms with Crippen LogP contribution in [0.25, 0.3) is 87.9 Å². The summed E-state index contributed by atoms with van der Waals surface area (Å²) < 4.78 is 2.32. The number of benzene rings is 10. The van der Waals surface area contributed by atoms with Gasteiger partial charge < -0.3 is 15.2 Å². The summed E-state index contributed by atoms with van der Waals surface area (Å²) in [4.78, 5) is 2.46. The topological polar surface area (TPSA) is 34.2 Å². The van der Waals surface area contributed by atoms with E-state index in [4.69, 9.17) is 5.73 Å². The maximum absolute atomic E-state index is 6.79. The van der Waals surface area contributed by atoms with E-state index in [0.717, 1.165) is 33.9 Å². The normalized spacial score (nSPS) is 12.9. The van der Waals surface area contributed by atoms with Gasteiger partial charge in [0.15, 0.2) is 0 Å². The third-order valence-corrected chi connectivity index (χ3v) is 13.7. The summed E-state index contributed by atoms with van der Waals surface area (Å²) in [5.74, 6) is 0. The molecule has 1 aliphatic carbocycles. The van der Waals surface area contributed by atoms with Gasteiger partial charge in [-0.2, -0.15) is 0 Å². The molecule has 2 N–H and O–H groups in total. The molecule has 3 heteroatoms. The Kier molecular flexibility index (Phi) is 8.26. The van der Waals surface area contributed by atoms with Crippen LogP contribution in [0.15, 0.2) is 206 Å². The van der Waals surface area contributed by atoms with Crippen LogP contribution in [0.3, 0.4) is 0 Å². The molecule has 0 fully saturated rings. The fourth-order valence-electron chi connectivity index (χ4n) is 10.6. The number of hydrogen-bond donors (Lipinski definition) is 1. The Labute approximate surface area is 367 Å². The van der Waals surface area contributed by atoms with Crippen molar-refractivity contribution in [2.24, 2.45) is 7.05 Å². The zero-order chi connectivity index (χ0) is 42.4. The highest BCUT2D eigenvalue weighted by molar-refractivity contribution is 6.13. The average molecular weight is 808 g/mol. The first-order valence-electron chi connectivity index (χ1n) is 21.9. The molecule has 0 spiro atoms. The van der Waals surface area contributed by atoms with Crippen molar-refractivity contribution >= 4 is 66.1 Å². The highest BCUT2D eigenvalue weighted by Crippen LogP contribution is 2.56. The molecule has 0 amide bonds. The van der Waals surface area contributed by atoms with Crippen molar-refractivity contribution in [2.75, 3.05) is 10.6 Å². The van der Waals surface area contributed by atoms with E-state index in [2.05, 4.69) is 237 Å². The van der Waals surface area contributed by atoms with Gasteiger partial charge in [-0.25, -0.2) is 0 Å². The van der Waals surface area contributed by atoms with Gasteiger partial charge >= 0.3 is 0 Å². The van der Waals surface area contributed by atoms with Crippen LogP contribution in [0.1, 0.15) is 25.0 Å². The van der Waals surface area contributed by atoms with Crippen molar-refractivity contribution in [1.82, 2.24) is 4.57 Å². The smallest absolute Gasteiger partial charge is 0.0543 e. The Bertz CT molecular complexity index is 3620. The summed E-state index contributed by atoms with van der Waals surface area (Å²) in [6.45, 7) is 4.81. The third-order valence-electron chi connectivity index (χ3n) is 13.7.